The fraction of sp³-hybridized carbons (Fsp3) is 0.561. The molecular weight excluding hydrogens is 684 g/mol. The zero-order chi connectivity index (χ0) is 37.4. The van der Waals surface area contributed by atoms with E-state index in [2.05, 4.69) is 0 Å². The molecule has 0 aliphatic carbocycles. The number of aliphatic hydroxyl groups is 1. The molecule has 3 aliphatic heterocycles. The molecule has 290 valence electrons. The minimum Gasteiger partial charge on any atom is -0.387 e. The Morgan fingerprint density at radius 3 is 1.74 bits per heavy atom. The Morgan fingerprint density at radius 2 is 1.21 bits per heavy atom. The maximum atomic E-state index is 12.0. The molecule has 3 fully saturated rings. The monoisotopic (exact) mass is 738 g/mol. The lowest BCUT2D eigenvalue weighted by atomic mass is 9.97. The summed E-state index contributed by atoms with van der Waals surface area (Å²) in [6, 6.07) is 29.4. The summed E-state index contributed by atoms with van der Waals surface area (Å²) < 4.78 is 69.7. The van der Waals surface area contributed by atoms with Gasteiger partial charge in [-0.25, -0.2) is 0 Å². The maximum Gasteiger partial charge on any atom is 0.187 e. The normalized spacial score (nSPS) is 30.1. The molecule has 12 nitrogen and oxygen atoms in total. The summed E-state index contributed by atoms with van der Waals surface area (Å²) >= 11 is 0. The molecule has 53 heavy (non-hydrogen) atoms. The van der Waals surface area contributed by atoms with Gasteiger partial charge in [0, 0.05) is 14.2 Å². The quantitative estimate of drug-likeness (QED) is 0.185. The molecule has 3 saturated heterocycles. The molecule has 0 amide bonds. The molecule has 0 bridgehead atoms. The third-order valence-electron chi connectivity index (χ3n) is 9.49. The Kier molecular flexibility index (Phi) is 13.7. The lowest BCUT2D eigenvalue weighted by molar-refractivity contribution is -0.343. The summed E-state index contributed by atoms with van der Waals surface area (Å²) in [6.45, 7) is 8.34. The van der Waals surface area contributed by atoms with Crippen molar-refractivity contribution < 1.29 is 57.2 Å². The number of hydrogen-bond acceptors (Lipinski definition) is 12. The third-order valence-corrected chi connectivity index (χ3v) is 9.49. The van der Waals surface area contributed by atoms with Crippen LogP contribution in [-0.2, 0) is 71.9 Å². The van der Waals surface area contributed by atoms with Gasteiger partial charge in [0.15, 0.2) is 24.2 Å². The minimum atomic E-state index is -1.14. The summed E-state index contributed by atoms with van der Waals surface area (Å²) in [5, 5.41) is 12.0. The molecule has 6 rings (SSSR count). The number of rotatable bonds is 17. The van der Waals surface area contributed by atoms with Crippen LogP contribution in [0.5, 0.6) is 0 Å². The zero-order valence-corrected chi connectivity index (χ0v) is 31.4. The van der Waals surface area contributed by atoms with Crippen molar-refractivity contribution in [1.82, 2.24) is 0 Å². The lowest BCUT2D eigenvalue weighted by Gasteiger charge is -2.46. The average Bonchev–Trinajstić information content (AvgIpc) is 3.69. The van der Waals surface area contributed by atoms with E-state index in [1.165, 1.54) is 0 Å². The first-order valence-corrected chi connectivity index (χ1v) is 18.2. The van der Waals surface area contributed by atoms with Crippen LogP contribution in [0.1, 0.15) is 44.4 Å². The molecule has 0 unspecified atom stereocenters. The van der Waals surface area contributed by atoms with Crippen LogP contribution in [0.15, 0.2) is 91.0 Å². The van der Waals surface area contributed by atoms with Gasteiger partial charge in [-0.2, -0.15) is 0 Å². The van der Waals surface area contributed by atoms with Crippen LogP contribution in [0.3, 0.4) is 0 Å². The second-order valence-electron chi connectivity index (χ2n) is 14.4. The van der Waals surface area contributed by atoms with Crippen LogP contribution >= 0.6 is 0 Å². The van der Waals surface area contributed by atoms with Crippen molar-refractivity contribution >= 4 is 0 Å². The number of ether oxygens (including phenoxy) is 11. The van der Waals surface area contributed by atoms with Crippen molar-refractivity contribution in [1.29, 1.82) is 0 Å². The molecule has 3 aliphatic rings. The van der Waals surface area contributed by atoms with Gasteiger partial charge in [-0.05, 0) is 44.4 Å². The van der Waals surface area contributed by atoms with Crippen LogP contribution in [-0.4, -0.2) is 106 Å². The van der Waals surface area contributed by atoms with E-state index in [0.29, 0.717) is 6.61 Å². The predicted molar refractivity (Wildman–Crippen MR) is 192 cm³/mol. The van der Waals surface area contributed by atoms with Gasteiger partial charge < -0.3 is 57.2 Å². The Morgan fingerprint density at radius 1 is 0.679 bits per heavy atom. The van der Waals surface area contributed by atoms with Crippen LogP contribution in [0, 0.1) is 0 Å². The Bertz CT molecular complexity index is 1510. The summed E-state index contributed by atoms with van der Waals surface area (Å²) in [7, 11) is 3.09. The molecule has 0 aromatic heterocycles. The number of benzene rings is 3. The Labute approximate surface area is 312 Å². The lowest BCUT2D eigenvalue weighted by Crippen LogP contribution is -2.63. The summed E-state index contributed by atoms with van der Waals surface area (Å²) in [5.74, 6) is -1.90. The Hall–Kier alpha value is -2.82. The van der Waals surface area contributed by atoms with E-state index in [0.717, 1.165) is 16.7 Å². The molecule has 0 saturated carbocycles. The van der Waals surface area contributed by atoms with Crippen molar-refractivity contribution in [3.8, 4) is 0 Å². The standard InChI is InChI=1S/C41H54O12/c1-40(2)48-26-31(51-40)33(35-37(38(43-5)44-6)53-41(3,4)52-35)50-39-36(47-24-29-20-14-9-15-21-29)34(46-23-28-18-12-8-13-19-28)32(42)30(49-39)25-45-22-27-16-10-7-11-17-27/h7-21,30-39,42H,22-26H2,1-6H3/t30-,31-,32+,33-,34+,35+,36-,37-,39+/m1/s1. The Balaban J connectivity index is 1.34. The van der Waals surface area contributed by atoms with Gasteiger partial charge in [0.05, 0.1) is 33.0 Å². The van der Waals surface area contributed by atoms with Gasteiger partial charge in [-0.15, -0.1) is 0 Å². The average molecular weight is 739 g/mol. The first kappa shape index (κ1) is 39.9. The highest BCUT2D eigenvalue weighted by Crippen LogP contribution is 2.39. The number of methoxy groups -OCH3 is 2. The molecule has 1 N–H and O–H groups in total. The largest absolute Gasteiger partial charge is 0.387 e. The zero-order valence-electron chi connectivity index (χ0n) is 31.4. The molecule has 0 radical (unpaired) electrons. The minimum absolute atomic E-state index is 0.0569. The van der Waals surface area contributed by atoms with Gasteiger partial charge in [0.1, 0.15) is 48.8 Å². The van der Waals surface area contributed by atoms with E-state index >= 15 is 0 Å². The maximum absolute atomic E-state index is 12.0. The molecule has 9 atom stereocenters. The van der Waals surface area contributed by atoms with Gasteiger partial charge in [0.25, 0.3) is 0 Å². The van der Waals surface area contributed by atoms with Crippen molar-refractivity contribution in [2.45, 2.75) is 121 Å². The molecule has 12 heteroatoms. The SMILES string of the molecule is COC(OC)[C@@H]1OC(C)(C)O[C@H]1[C@H](O[C@@H]1O[C@H](COCc2ccccc2)[C@H](O)[C@H](OCc2ccccc2)[C@H]1OCc1ccccc1)[C@H]1COC(C)(C)O1. The number of aliphatic hydroxyl groups excluding tert-OH is 1. The van der Waals surface area contributed by atoms with Gasteiger partial charge in [-0.1, -0.05) is 91.0 Å². The second kappa shape index (κ2) is 18.2. The van der Waals surface area contributed by atoms with Crippen LogP contribution in [0.4, 0.5) is 0 Å². The molecule has 3 heterocycles. The van der Waals surface area contributed by atoms with Crippen molar-refractivity contribution in [2.24, 2.45) is 0 Å². The van der Waals surface area contributed by atoms with Crippen LogP contribution < -0.4 is 0 Å². The predicted octanol–water partition coefficient (Wildman–Crippen LogP) is 5.14. The topological polar surface area (TPSA) is 122 Å². The smallest absolute Gasteiger partial charge is 0.187 e. The van der Waals surface area contributed by atoms with Gasteiger partial charge in [-0.3, -0.25) is 0 Å². The third kappa shape index (κ3) is 10.5. The van der Waals surface area contributed by atoms with Crippen molar-refractivity contribution in [2.75, 3.05) is 27.4 Å². The van der Waals surface area contributed by atoms with E-state index in [1.807, 2.05) is 119 Å². The number of hydrogen-bond donors (Lipinski definition) is 1. The molecule has 3 aromatic carbocycles. The molecule has 3 aromatic rings. The van der Waals surface area contributed by atoms with Gasteiger partial charge >= 0.3 is 0 Å². The van der Waals surface area contributed by atoms with Crippen molar-refractivity contribution in [3.63, 3.8) is 0 Å². The van der Waals surface area contributed by atoms with E-state index in [1.54, 1.807) is 14.2 Å². The van der Waals surface area contributed by atoms with E-state index in [4.69, 9.17) is 52.1 Å². The van der Waals surface area contributed by atoms with Crippen molar-refractivity contribution in [3.05, 3.63) is 108 Å². The molecular formula is C41H54O12. The fourth-order valence-electron chi connectivity index (χ4n) is 6.96. The van der Waals surface area contributed by atoms with E-state index < -0.39 is 73.0 Å². The van der Waals surface area contributed by atoms with E-state index in [-0.39, 0.29) is 26.4 Å². The van der Waals surface area contributed by atoms with Crippen LogP contribution in [0.25, 0.3) is 0 Å². The summed E-state index contributed by atoms with van der Waals surface area (Å²) in [6.07, 6.45) is -8.62. The van der Waals surface area contributed by atoms with E-state index in [9.17, 15) is 5.11 Å². The summed E-state index contributed by atoms with van der Waals surface area (Å²) in [5.41, 5.74) is 2.86. The fourth-order valence-corrected chi connectivity index (χ4v) is 6.96. The highest BCUT2D eigenvalue weighted by Gasteiger charge is 2.56. The highest BCUT2D eigenvalue weighted by atomic mass is 16.8. The first-order valence-electron chi connectivity index (χ1n) is 18.2. The molecule has 0 spiro atoms. The highest BCUT2D eigenvalue weighted by molar-refractivity contribution is 5.15. The second-order valence-corrected chi connectivity index (χ2v) is 14.4. The van der Waals surface area contributed by atoms with Gasteiger partial charge in [0.2, 0.25) is 0 Å². The van der Waals surface area contributed by atoms with Crippen LogP contribution in [0.2, 0.25) is 0 Å². The summed E-state index contributed by atoms with van der Waals surface area (Å²) in [4.78, 5) is 0. The first-order chi connectivity index (χ1) is 25.6.